The molecule has 12 heavy (non-hydrogen) atoms. The molecule has 0 spiro atoms. The number of nitrogens with one attached hydrogen (secondary N) is 2. The molecule has 0 aromatic carbocycles. The second-order valence-electron chi connectivity index (χ2n) is 3.53. The molecule has 0 heterocycles. The molecule has 1 fully saturated rings. The first kappa shape index (κ1) is 9.52. The molecule has 1 amide bonds. The minimum atomic E-state index is -0.0656. The molecule has 3 nitrogen and oxygen atoms in total. The largest absolute Gasteiger partial charge is 0.355 e. The molecular weight excluding hydrogens is 152 g/mol. The number of carbonyl (C=O) groups excluding carboxylic acids is 1. The molecule has 1 saturated carbocycles. The molecule has 70 valence electrons. The normalized spacial score (nSPS) is 18.8. The van der Waals surface area contributed by atoms with E-state index in [0.29, 0.717) is 0 Å². The molecule has 1 aliphatic carbocycles. The van der Waals surface area contributed by atoms with Crippen LogP contribution in [-0.4, -0.2) is 25.5 Å². The molecule has 0 radical (unpaired) electrons. The molecule has 0 aromatic rings. The van der Waals surface area contributed by atoms with E-state index in [1.807, 2.05) is 6.92 Å². The van der Waals surface area contributed by atoms with Crippen LogP contribution in [0.4, 0.5) is 0 Å². The molecular formula is C9H18N2O. The predicted molar refractivity (Wildman–Crippen MR) is 48.9 cm³/mol. The Kier molecular flexibility index (Phi) is 3.53. The quantitative estimate of drug-likeness (QED) is 0.631. The van der Waals surface area contributed by atoms with E-state index < -0.39 is 0 Å². The van der Waals surface area contributed by atoms with Crippen LogP contribution in [0, 0.1) is 5.92 Å². The third-order valence-corrected chi connectivity index (χ3v) is 2.38. The van der Waals surface area contributed by atoms with Crippen LogP contribution in [0.25, 0.3) is 0 Å². The van der Waals surface area contributed by atoms with E-state index in [4.69, 9.17) is 0 Å². The van der Waals surface area contributed by atoms with Crippen LogP contribution < -0.4 is 10.6 Å². The lowest BCUT2D eigenvalue weighted by Gasteiger charge is -2.10. The van der Waals surface area contributed by atoms with E-state index in [9.17, 15) is 4.79 Å². The molecule has 0 bridgehead atoms. The maximum absolute atomic E-state index is 11.2. The summed E-state index contributed by atoms with van der Waals surface area (Å²) in [6, 6.07) is -0.0656. The molecule has 0 saturated heterocycles. The molecule has 0 aromatic heterocycles. The Morgan fingerprint density at radius 1 is 1.58 bits per heavy atom. The van der Waals surface area contributed by atoms with Gasteiger partial charge in [0.15, 0.2) is 0 Å². The molecule has 1 rings (SSSR count). The van der Waals surface area contributed by atoms with E-state index in [-0.39, 0.29) is 11.9 Å². The number of likely N-dealkylation sites (N-methyl/N-ethyl adjacent to an activating group) is 1. The summed E-state index contributed by atoms with van der Waals surface area (Å²) >= 11 is 0. The number of hydrogen-bond donors (Lipinski definition) is 2. The maximum atomic E-state index is 11.2. The first-order valence-electron chi connectivity index (χ1n) is 4.69. The highest BCUT2D eigenvalue weighted by molar-refractivity contribution is 5.81. The van der Waals surface area contributed by atoms with Crippen molar-refractivity contribution in [3.8, 4) is 0 Å². The summed E-state index contributed by atoms with van der Waals surface area (Å²) in [6.45, 7) is 2.71. The van der Waals surface area contributed by atoms with Crippen LogP contribution in [0.5, 0.6) is 0 Å². The van der Waals surface area contributed by atoms with Gasteiger partial charge in [0.05, 0.1) is 6.04 Å². The average Bonchev–Trinajstić information content (AvgIpc) is 2.86. The molecule has 1 aliphatic rings. The van der Waals surface area contributed by atoms with Gasteiger partial charge in [-0.1, -0.05) is 12.8 Å². The van der Waals surface area contributed by atoms with Gasteiger partial charge in [0, 0.05) is 6.54 Å². The van der Waals surface area contributed by atoms with Crippen molar-refractivity contribution in [1.82, 2.24) is 10.6 Å². The number of rotatable bonds is 5. The zero-order chi connectivity index (χ0) is 8.97. The summed E-state index contributed by atoms with van der Waals surface area (Å²) in [5.74, 6) is 1.01. The Morgan fingerprint density at radius 2 is 2.25 bits per heavy atom. The number of amides is 1. The van der Waals surface area contributed by atoms with Gasteiger partial charge in [0.1, 0.15) is 0 Å². The second kappa shape index (κ2) is 4.45. The minimum absolute atomic E-state index is 0.0656. The first-order valence-corrected chi connectivity index (χ1v) is 4.69. The van der Waals surface area contributed by atoms with E-state index >= 15 is 0 Å². The predicted octanol–water partition coefficient (Wildman–Crippen LogP) is 0.511. The number of carbonyl (C=O) groups is 1. The lowest BCUT2D eigenvalue weighted by molar-refractivity contribution is -0.122. The Morgan fingerprint density at radius 3 is 2.75 bits per heavy atom. The third-order valence-electron chi connectivity index (χ3n) is 2.38. The molecule has 3 heteroatoms. The fraction of sp³-hybridized carbons (Fsp3) is 0.889. The minimum Gasteiger partial charge on any atom is -0.355 e. The van der Waals surface area contributed by atoms with Crippen LogP contribution >= 0.6 is 0 Å². The summed E-state index contributed by atoms with van der Waals surface area (Å²) in [6.07, 6.45) is 3.87. The lowest BCUT2D eigenvalue weighted by Crippen LogP contribution is -2.40. The summed E-state index contributed by atoms with van der Waals surface area (Å²) < 4.78 is 0. The average molecular weight is 170 g/mol. The van der Waals surface area contributed by atoms with Gasteiger partial charge < -0.3 is 10.6 Å². The topological polar surface area (TPSA) is 41.1 Å². The van der Waals surface area contributed by atoms with Gasteiger partial charge >= 0.3 is 0 Å². The van der Waals surface area contributed by atoms with Crippen molar-refractivity contribution in [1.29, 1.82) is 0 Å². The monoisotopic (exact) mass is 170 g/mol. The van der Waals surface area contributed by atoms with Gasteiger partial charge in [-0.25, -0.2) is 0 Å². The second-order valence-corrected chi connectivity index (χ2v) is 3.53. The highest BCUT2D eigenvalue weighted by atomic mass is 16.2. The smallest absolute Gasteiger partial charge is 0.236 e. The molecule has 0 aliphatic heterocycles. The highest BCUT2D eigenvalue weighted by Crippen LogP contribution is 2.31. The van der Waals surface area contributed by atoms with Crippen molar-refractivity contribution < 1.29 is 4.79 Å². The van der Waals surface area contributed by atoms with Crippen LogP contribution in [0.1, 0.15) is 26.2 Å². The SMILES string of the molecule is CNC(C)C(=O)NCCC1CC1. The van der Waals surface area contributed by atoms with Crippen LogP contribution in [0.3, 0.4) is 0 Å². The zero-order valence-electron chi connectivity index (χ0n) is 7.89. The molecule has 2 N–H and O–H groups in total. The van der Waals surface area contributed by atoms with Gasteiger partial charge in [-0.3, -0.25) is 4.79 Å². The lowest BCUT2D eigenvalue weighted by atomic mass is 10.2. The van der Waals surface area contributed by atoms with Crippen LogP contribution in [0.15, 0.2) is 0 Å². The zero-order valence-corrected chi connectivity index (χ0v) is 7.89. The van der Waals surface area contributed by atoms with Gasteiger partial charge in [-0.15, -0.1) is 0 Å². The van der Waals surface area contributed by atoms with Crippen LogP contribution in [0.2, 0.25) is 0 Å². The van der Waals surface area contributed by atoms with E-state index in [0.717, 1.165) is 18.9 Å². The van der Waals surface area contributed by atoms with Crippen molar-refractivity contribution in [2.45, 2.75) is 32.2 Å². The van der Waals surface area contributed by atoms with E-state index in [1.54, 1.807) is 7.05 Å². The number of hydrogen-bond acceptors (Lipinski definition) is 2. The van der Waals surface area contributed by atoms with Crippen molar-refractivity contribution in [2.24, 2.45) is 5.92 Å². The van der Waals surface area contributed by atoms with E-state index in [1.165, 1.54) is 12.8 Å². The van der Waals surface area contributed by atoms with Crippen LogP contribution in [-0.2, 0) is 4.79 Å². The first-order chi connectivity index (χ1) is 5.74. The fourth-order valence-electron chi connectivity index (χ4n) is 1.09. The Bertz CT molecular complexity index is 155. The molecule has 1 unspecified atom stereocenters. The summed E-state index contributed by atoms with van der Waals surface area (Å²) in [4.78, 5) is 11.2. The van der Waals surface area contributed by atoms with Crippen molar-refractivity contribution >= 4 is 5.91 Å². The highest BCUT2D eigenvalue weighted by Gasteiger charge is 2.20. The van der Waals surface area contributed by atoms with E-state index in [2.05, 4.69) is 10.6 Å². The summed E-state index contributed by atoms with van der Waals surface area (Å²) in [5, 5.41) is 5.81. The van der Waals surface area contributed by atoms with Crippen molar-refractivity contribution in [2.75, 3.05) is 13.6 Å². The van der Waals surface area contributed by atoms with Gasteiger partial charge in [-0.05, 0) is 26.3 Å². The van der Waals surface area contributed by atoms with Crippen molar-refractivity contribution in [3.05, 3.63) is 0 Å². The van der Waals surface area contributed by atoms with Gasteiger partial charge in [0.2, 0.25) is 5.91 Å². The van der Waals surface area contributed by atoms with Crippen molar-refractivity contribution in [3.63, 3.8) is 0 Å². The molecule has 1 atom stereocenters. The third kappa shape index (κ3) is 3.22. The summed E-state index contributed by atoms with van der Waals surface area (Å²) in [5.41, 5.74) is 0. The fourth-order valence-corrected chi connectivity index (χ4v) is 1.09. The standard InChI is InChI=1S/C9H18N2O/c1-7(10-2)9(12)11-6-5-8-3-4-8/h7-8,10H,3-6H2,1-2H3,(H,11,12). The Hall–Kier alpha value is -0.570. The van der Waals surface area contributed by atoms with Gasteiger partial charge in [0.25, 0.3) is 0 Å². The maximum Gasteiger partial charge on any atom is 0.236 e. The van der Waals surface area contributed by atoms with Gasteiger partial charge in [-0.2, -0.15) is 0 Å². The Balaban J connectivity index is 2.00. The summed E-state index contributed by atoms with van der Waals surface area (Å²) in [7, 11) is 1.80. The Labute approximate surface area is 73.9 Å².